The van der Waals surface area contributed by atoms with Crippen LogP contribution in [0.2, 0.25) is 0 Å². The number of benzene rings is 1. The second-order valence-electron chi connectivity index (χ2n) is 6.22. The van der Waals surface area contributed by atoms with Gasteiger partial charge in [-0.05, 0) is 48.6 Å². The van der Waals surface area contributed by atoms with Crippen LogP contribution in [0.1, 0.15) is 24.3 Å². The van der Waals surface area contributed by atoms with Gasteiger partial charge in [0.1, 0.15) is 5.25 Å². The number of rotatable bonds is 2. The van der Waals surface area contributed by atoms with Crippen LogP contribution in [0, 0.1) is 16.7 Å². The van der Waals surface area contributed by atoms with Gasteiger partial charge < -0.3 is 5.32 Å². The lowest BCUT2D eigenvalue weighted by Crippen LogP contribution is -2.64. The van der Waals surface area contributed by atoms with Crippen LogP contribution in [-0.4, -0.2) is 31.0 Å². The molecule has 6 nitrogen and oxygen atoms in total. The summed E-state index contributed by atoms with van der Waals surface area (Å²) in [6.45, 7) is 3.46. The van der Waals surface area contributed by atoms with Crippen molar-refractivity contribution in [3.8, 4) is 17.2 Å². The van der Waals surface area contributed by atoms with E-state index in [0.29, 0.717) is 5.56 Å². The van der Waals surface area contributed by atoms with E-state index < -0.39 is 20.8 Å². The van der Waals surface area contributed by atoms with Crippen molar-refractivity contribution in [1.29, 1.82) is 10.7 Å². The smallest absolute Gasteiger partial charge is 0.242 e. The van der Waals surface area contributed by atoms with Gasteiger partial charge in [0.05, 0.1) is 17.2 Å². The number of nitrogens with zero attached hydrogens (tertiary/aromatic N) is 2. The third-order valence-electron chi connectivity index (χ3n) is 4.77. The predicted octanol–water partition coefficient (Wildman–Crippen LogP) is 2.69. The molecule has 2 atom stereocenters. The van der Waals surface area contributed by atoms with E-state index in [1.54, 1.807) is 26.0 Å². The highest BCUT2D eigenvalue weighted by atomic mass is 32.2. The summed E-state index contributed by atoms with van der Waals surface area (Å²) in [6, 6.07) is 11.3. The number of hydrogen-bond donors (Lipinski definition) is 2. The Morgan fingerprint density at radius 3 is 2.76 bits per heavy atom. The Kier molecular flexibility index (Phi) is 4.09. The molecule has 1 aromatic heterocycles. The molecule has 1 aromatic carbocycles. The molecule has 2 aromatic rings. The maximum Gasteiger partial charge on any atom is 0.242 e. The van der Waals surface area contributed by atoms with Crippen molar-refractivity contribution in [3.05, 3.63) is 46.2 Å². The van der Waals surface area contributed by atoms with E-state index in [9.17, 15) is 8.42 Å². The van der Waals surface area contributed by atoms with Crippen LogP contribution in [0.3, 0.4) is 0 Å². The minimum Gasteiger partial charge on any atom is -0.344 e. The van der Waals surface area contributed by atoms with Crippen LogP contribution in [0.15, 0.2) is 35.7 Å². The highest BCUT2D eigenvalue weighted by Gasteiger charge is 2.49. The number of guanidine groups is 1. The SMILES string of the molecule is C[C@@H]1[C@@](C)(c2cc(-c3cccc(C#N)c3)cs2)NC(=N)N(C)S1(=O)=O. The zero-order chi connectivity index (χ0) is 18.4. The highest BCUT2D eigenvalue weighted by Crippen LogP contribution is 2.39. The van der Waals surface area contributed by atoms with Gasteiger partial charge in [-0.1, -0.05) is 12.1 Å². The molecule has 0 aliphatic carbocycles. The minimum absolute atomic E-state index is 0.137. The first-order chi connectivity index (χ1) is 11.7. The summed E-state index contributed by atoms with van der Waals surface area (Å²) < 4.78 is 26.1. The Bertz CT molecular complexity index is 990. The van der Waals surface area contributed by atoms with Gasteiger partial charge in [0.2, 0.25) is 16.0 Å². The normalized spacial score (nSPS) is 25.3. The lowest BCUT2D eigenvalue weighted by Gasteiger charge is -2.44. The van der Waals surface area contributed by atoms with Crippen molar-refractivity contribution in [2.24, 2.45) is 0 Å². The number of thiophene rings is 1. The van der Waals surface area contributed by atoms with Gasteiger partial charge >= 0.3 is 0 Å². The topological polar surface area (TPSA) is 97.1 Å². The fourth-order valence-corrected chi connectivity index (χ4v) is 5.64. The minimum atomic E-state index is -3.60. The van der Waals surface area contributed by atoms with Gasteiger partial charge in [0.25, 0.3) is 0 Å². The summed E-state index contributed by atoms with van der Waals surface area (Å²) in [5, 5.41) is 21.3. The average Bonchev–Trinajstić information content (AvgIpc) is 3.10. The summed E-state index contributed by atoms with van der Waals surface area (Å²) in [6.07, 6.45) is 0. The quantitative estimate of drug-likeness (QED) is 0.844. The van der Waals surface area contributed by atoms with Crippen molar-refractivity contribution >= 4 is 27.3 Å². The first kappa shape index (κ1) is 17.5. The maximum absolute atomic E-state index is 12.6. The Labute approximate surface area is 151 Å². The number of hydrogen-bond acceptors (Lipinski definition) is 5. The molecule has 0 spiro atoms. The van der Waals surface area contributed by atoms with Crippen LogP contribution in [0.4, 0.5) is 0 Å². The molecule has 1 aliphatic rings. The maximum atomic E-state index is 12.6. The van der Waals surface area contributed by atoms with Crippen molar-refractivity contribution in [2.45, 2.75) is 24.6 Å². The number of sulfonamides is 1. The summed E-state index contributed by atoms with van der Waals surface area (Å²) in [5.74, 6) is -0.137. The second kappa shape index (κ2) is 5.86. The molecular weight excluding hydrogens is 356 g/mol. The van der Waals surface area contributed by atoms with Gasteiger partial charge in [-0.3, -0.25) is 5.41 Å². The van der Waals surface area contributed by atoms with Gasteiger partial charge in [-0.25, -0.2) is 12.7 Å². The Balaban J connectivity index is 2.04. The van der Waals surface area contributed by atoms with E-state index in [1.165, 1.54) is 18.4 Å². The molecule has 0 unspecified atom stereocenters. The van der Waals surface area contributed by atoms with Crippen molar-refractivity contribution in [2.75, 3.05) is 7.05 Å². The molecule has 0 radical (unpaired) electrons. The first-order valence-electron chi connectivity index (χ1n) is 7.64. The molecule has 0 amide bonds. The van der Waals surface area contributed by atoms with Gasteiger partial charge in [-0.15, -0.1) is 11.3 Å². The van der Waals surface area contributed by atoms with E-state index in [4.69, 9.17) is 10.7 Å². The van der Waals surface area contributed by atoms with E-state index in [0.717, 1.165) is 20.3 Å². The van der Waals surface area contributed by atoms with Gasteiger partial charge in [0.15, 0.2) is 0 Å². The Morgan fingerprint density at radius 1 is 1.36 bits per heavy atom. The molecule has 1 aliphatic heterocycles. The molecule has 130 valence electrons. The Hall–Kier alpha value is -2.37. The molecule has 8 heteroatoms. The molecule has 2 heterocycles. The summed E-state index contributed by atoms with van der Waals surface area (Å²) >= 11 is 1.45. The molecule has 1 saturated heterocycles. The van der Waals surface area contributed by atoms with E-state index in [-0.39, 0.29) is 5.96 Å². The monoisotopic (exact) mass is 374 g/mol. The summed E-state index contributed by atoms with van der Waals surface area (Å²) in [4.78, 5) is 0.832. The zero-order valence-corrected chi connectivity index (χ0v) is 15.7. The van der Waals surface area contributed by atoms with Crippen LogP contribution >= 0.6 is 11.3 Å². The number of nitrogens with one attached hydrogen (secondary N) is 2. The molecule has 1 fully saturated rings. The summed E-state index contributed by atoms with van der Waals surface area (Å²) in [7, 11) is -2.22. The molecular formula is C17H18N4O2S2. The molecule has 25 heavy (non-hydrogen) atoms. The molecule has 3 rings (SSSR count). The summed E-state index contributed by atoms with van der Waals surface area (Å²) in [5.41, 5.74) is 1.52. The molecule has 0 saturated carbocycles. The van der Waals surface area contributed by atoms with Gasteiger partial charge in [-0.2, -0.15) is 5.26 Å². The van der Waals surface area contributed by atoms with Crippen LogP contribution < -0.4 is 5.32 Å². The third kappa shape index (κ3) is 2.69. The van der Waals surface area contributed by atoms with Crippen LogP contribution in [-0.2, 0) is 15.6 Å². The molecule has 0 bridgehead atoms. The third-order valence-corrected chi connectivity index (χ3v) is 8.25. The van der Waals surface area contributed by atoms with E-state index in [1.807, 2.05) is 23.6 Å². The van der Waals surface area contributed by atoms with Crippen molar-refractivity contribution < 1.29 is 8.42 Å². The first-order valence-corrected chi connectivity index (χ1v) is 10.0. The predicted molar refractivity (Wildman–Crippen MR) is 98.8 cm³/mol. The lowest BCUT2D eigenvalue weighted by atomic mass is 9.94. The zero-order valence-electron chi connectivity index (χ0n) is 14.1. The fourth-order valence-electron chi connectivity index (χ4n) is 2.88. The van der Waals surface area contributed by atoms with E-state index in [2.05, 4.69) is 11.4 Å². The lowest BCUT2D eigenvalue weighted by molar-refractivity contribution is 0.370. The Morgan fingerprint density at radius 2 is 2.08 bits per heavy atom. The fraction of sp³-hybridized carbons (Fsp3) is 0.294. The van der Waals surface area contributed by atoms with Crippen molar-refractivity contribution in [1.82, 2.24) is 9.62 Å². The number of nitriles is 1. The van der Waals surface area contributed by atoms with Crippen molar-refractivity contribution in [3.63, 3.8) is 0 Å². The largest absolute Gasteiger partial charge is 0.344 e. The van der Waals surface area contributed by atoms with Crippen LogP contribution in [0.5, 0.6) is 0 Å². The highest BCUT2D eigenvalue weighted by molar-refractivity contribution is 7.90. The second-order valence-corrected chi connectivity index (χ2v) is 9.42. The van der Waals surface area contributed by atoms with Gasteiger partial charge in [0, 0.05) is 11.9 Å². The van der Waals surface area contributed by atoms with Crippen LogP contribution in [0.25, 0.3) is 11.1 Å². The molecule has 2 N–H and O–H groups in total. The average molecular weight is 374 g/mol. The van der Waals surface area contributed by atoms with E-state index >= 15 is 0 Å². The standard InChI is InChI=1S/C17H18N4O2S2/c1-11-17(2,20-16(19)21(3)25(11,22)23)15-8-14(10-24-15)13-6-4-5-12(7-13)9-18/h4-8,10-11H,1-3H3,(H2,19,20)/t11-,17+/m1/s1.